The molecule has 0 bridgehead atoms. The highest BCUT2D eigenvalue weighted by molar-refractivity contribution is 5.55. The highest BCUT2D eigenvalue weighted by atomic mass is 15.1. The van der Waals surface area contributed by atoms with E-state index in [2.05, 4.69) is 23.0 Å². The topological polar surface area (TPSA) is 39.9 Å². The van der Waals surface area contributed by atoms with E-state index in [0.717, 1.165) is 5.69 Å². The van der Waals surface area contributed by atoms with Crippen LogP contribution >= 0.6 is 0 Å². The number of aromatic nitrogens is 1. The smallest absolute Gasteiger partial charge is 0.163 e. The lowest BCUT2D eigenvalue weighted by atomic mass is 10.2. The lowest BCUT2D eigenvalue weighted by Crippen LogP contribution is -2.29. The van der Waals surface area contributed by atoms with Gasteiger partial charge in [0.25, 0.3) is 0 Å². The number of hydrogen-bond donors (Lipinski definition) is 0. The molecule has 0 N–H and O–H groups in total. The van der Waals surface area contributed by atoms with E-state index in [1.165, 1.54) is 25.7 Å². The number of nitriles is 1. The van der Waals surface area contributed by atoms with Crippen molar-refractivity contribution >= 4 is 5.69 Å². The summed E-state index contributed by atoms with van der Waals surface area (Å²) in [5.41, 5.74) is 1.50. The average Bonchev–Trinajstić information content (AvgIpc) is 2.81. The lowest BCUT2D eigenvalue weighted by Gasteiger charge is -2.26. The Hall–Kier alpha value is -1.56. The van der Waals surface area contributed by atoms with Gasteiger partial charge < -0.3 is 4.90 Å². The Bertz CT molecular complexity index is 375. The average molecular weight is 201 g/mol. The van der Waals surface area contributed by atoms with Gasteiger partial charge in [0.05, 0.1) is 5.69 Å². The van der Waals surface area contributed by atoms with Gasteiger partial charge in [0.2, 0.25) is 0 Å². The van der Waals surface area contributed by atoms with Crippen LogP contribution in [0.1, 0.15) is 31.4 Å². The largest absolute Gasteiger partial charge is 0.369 e. The second-order valence-corrected chi connectivity index (χ2v) is 4.03. The molecule has 78 valence electrons. The number of nitrogens with zero attached hydrogens (tertiary/aromatic N) is 3. The van der Waals surface area contributed by atoms with Gasteiger partial charge in [-0.1, -0.05) is 12.8 Å². The maximum Gasteiger partial charge on any atom is 0.163 e. The van der Waals surface area contributed by atoms with Crippen molar-refractivity contribution in [3.8, 4) is 6.07 Å². The molecule has 1 aromatic rings. The van der Waals surface area contributed by atoms with Gasteiger partial charge in [0, 0.05) is 19.3 Å². The van der Waals surface area contributed by atoms with Crippen LogP contribution < -0.4 is 4.90 Å². The van der Waals surface area contributed by atoms with Crippen LogP contribution in [0.2, 0.25) is 0 Å². The van der Waals surface area contributed by atoms with Crippen molar-refractivity contribution in [3.63, 3.8) is 0 Å². The highest BCUT2D eigenvalue weighted by Crippen LogP contribution is 2.27. The molecule has 0 aliphatic heterocycles. The Labute approximate surface area is 90.4 Å². The molecule has 2 rings (SSSR count). The van der Waals surface area contributed by atoms with Gasteiger partial charge in [-0.05, 0) is 25.0 Å². The summed E-state index contributed by atoms with van der Waals surface area (Å²) in [5.74, 6) is 0. The van der Waals surface area contributed by atoms with Gasteiger partial charge in [0.15, 0.2) is 5.69 Å². The summed E-state index contributed by atoms with van der Waals surface area (Å²) < 4.78 is 0. The molecular formula is C12H15N3. The second-order valence-electron chi connectivity index (χ2n) is 4.03. The first-order chi connectivity index (χ1) is 7.33. The Morgan fingerprint density at radius 1 is 1.47 bits per heavy atom. The fraction of sp³-hybridized carbons (Fsp3) is 0.500. The van der Waals surface area contributed by atoms with Crippen LogP contribution in [0.15, 0.2) is 18.3 Å². The fourth-order valence-corrected chi connectivity index (χ4v) is 2.26. The first kappa shape index (κ1) is 9.97. The van der Waals surface area contributed by atoms with Crippen molar-refractivity contribution in [1.29, 1.82) is 5.26 Å². The van der Waals surface area contributed by atoms with Crippen LogP contribution in [0.4, 0.5) is 5.69 Å². The van der Waals surface area contributed by atoms with Crippen LogP contribution in [0.3, 0.4) is 0 Å². The molecule has 0 spiro atoms. The lowest BCUT2D eigenvalue weighted by molar-refractivity contribution is 0.651. The molecule has 0 unspecified atom stereocenters. The molecule has 3 nitrogen and oxygen atoms in total. The molecule has 1 heterocycles. The molecule has 15 heavy (non-hydrogen) atoms. The zero-order valence-electron chi connectivity index (χ0n) is 8.98. The Morgan fingerprint density at radius 3 is 2.87 bits per heavy atom. The van der Waals surface area contributed by atoms with Gasteiger partial charge in [0.1, 0.15) is 6.07 Å². The predicted octanol–water partition coefficient (Wildman–Crippen LogP) is 2.33. The van der Waals surface area contributed by atoms with Gasteiger partial charge in [-0.15, -0.1) is 0 Å². The number of anilines is 1. The van der Waals surface area contributed by atoms with E-state index in [-0.39, 0.29) is 0 Å². The minimum atomic E-state index is 0.534. The maximum atomic E-state index is 8.97. The van der Waals surface area contributed by atoms with Crippen molar-refractivity contribution in [2.75, 3.05) is 11.9 Å². The first-order valence-electron chi connectivity index (χ1n) is 5.41. The maximum absolute atomic E-state index is 8.97. The monoisotopic (exact) mass is 201 g/mol. The Kier molecular flexibility index (Phi) is 2.86. The van der Waals surface area contributed by atoms with Crippen molar-refractivity contribution in [2.24, 2.45) is 0 Å². The Morgan fingerprint density at radius 2 is 2.20 bits per heavy atom. The molecular weight excluding hydrogens is 186 g/mol. The molecule has 1 aromatic heterocycles. The molecule has 1 aliphatic rings. The third-order valence-electron chi connectivity index (χ3n) is 3.14. The third-order valence-corrected chi connectivity index (χ3v) is 3.14. The van der Waals surface area contributed by atoms with E-state index < -0.39 is 0 Å². The van der Waals surface area contributed by atoms with Crippen molar-refractivity contribution < 1.29 is 0 Å². The summed E-state index contributed by atoms with van der Waals surface area (Å²) in [6.45, 7) is 0. The normalized spacial score (nSPS) is 16.3. The van der Waals surface area contributed by atoms with E-state index in [4.69, 9.17) is 5.26 Å². The third kappa shape index (κ3) is 1.94. The summed E-state index contributed by atoms with van der Waals surface area (Å²) in [6, 6.07) is 6.60. The minimum Gasteiger partial charge on any atom is -0.369 e. The minimum absolute atomic E-state index is 0.534. The molecule has 1 saturated carbocycles. The summed E-state index contributed by atoms with van der Waals surface area (Å²) in [5, 5.41) is 8.97. The van der Waals surface area contributed by atoms with Crippen LogP contribution in [0, 0.1) is 11.3 Å². The molecule has 1 aliphatic carbocycles. The highest BCUT2D eigenvalue weighted by Gasteiger charge is 2.21. The van der Waals surface area contributed by atoms with Gasteiger partial charge >= 0.3 is 0 Å². The second kappa shape index (κ2) is 4.31. The molecule has 0 saturated heterocycles. The van der Waals surface area contributed by atoms with E-state index in [1.54, 1.807) is 6.20 Å². The molecule has 0 amide bonds. The van der Waals surface area contributed by atoms with Crippen LogP contribution in [-0.4, -0.2) is 18.1 Å². The first-order valence-corrected chi connectivity index (χ1v) is 5.41. The summed E-state index contributed by atoms with van der Waals surface area (Å²) in [4.78, 5) is 6.29. The number of pyridine rings is 1. The fourth-order valence-electron chi connectivity index (χ4n) is 2.26. The predicted molar refractivity (Wildman–Crippen MR) is 59.6 cm³/mol. The number of hydrogen-bond acceptors (Lipinski definition) is 3. The van der Waals surface area contributed by atoms with Crippen LogP contribution in [0.25, 0.3) is 0 Å². The van der Waals surface area contributed by atoms with E-state index in [0.29, 0.717) is 11.7 Å². The van der Waals surface area contributed by atoms with Crippen molar-refractivity contribution in [2.45, 2.75) is 31.7 Å². The summed E-state index contributed by atoms with van der Waals surface area (Å²) in [6.07, 6.45) is 6.74. The van der Waals surface area contributed by atoms with Gasteiger partial charge in [-0.25, -0.2) is 4.98 Å². The molecule has 0 aromatic carbocycles. The molecule has 3 heteroatoms. The van der Waals surface area contributed by atoms with E-state index >= 15 is 0 Å². The zero-order chi connectivity index (χ0) is 10.7. The summed E-state index contributed by atoms with van der Waals surface area (Å²) in [7, 11) is 2.06. The van der Waals surface area contributed by atoms with Crippen molar-refractivity contribution in [1.82, 2.24) is 4.98 Å². The van der Waals surface area contributed by atoms with E-state index in [9.17, 15) is 0 Å². The van der Waals surface area contributed by atoms with Crippen molar-refractivity contribution in [3.05, 3.63) is 24.0 Å². The van der Waals surface area contributed by atoms with E-state index in [1.807, 2.05) is 12.1 Å². The molecule has 1 fully saturated rings. The van der Waals surface area contributed by atoms with Crippen LogP contribution in [-0.2, 0) is 0 Å². The quantitative estimate of drug-likeness (QED) is 0.737. The Balaban J connectivity index is 2.24. The standard InChI is InChI=1S/C12H15N3/c1-15(10-5-2-3-6-10)12-7-4-8-14-11(12)9-13/h4,7-8,10H,2-3,5-6H2,1H3. The van der Waals surface area contributed by atoms with Gasteiger partial charge in [-0.2, -0.15) is 5.26 Å². The van der Waals surface area contributed by atoms with Crippen LogP contribution in [0.5, 0.6) is 0 Å². The number of rotatable bonds is 2. The summed E-state index contributed by atoms with van der Waals surface area (Å²) >= 11 is 0. The van der Waals surface area contributed by atoms with Gasteiger partial charge in [-0.3, -0.25) is 0 Å². The molecule has 0 atom stereocenters. The SMILES string of the molecule is CN(c1cccnc1C#N)C1CCCC1. The molecule has 0 radical (unpaired) electrons. The zero-order valence-corrected chi connectivity index (χ0v) is 8.98.